The lowest BCUT2D eigenvalue weighted by molar-refractivity contribution is 0.0256. The number of aryl methyl sites for hydroxylation is 1. The van der Waals surface area contributed by atoms with Crippen LogP contribution in [0.4, 0.5) is 5.88 Å². The molecule has 1 saturated heterocycles. The summed E-state index contributed by atoms with van der Waals surface area (Å²) in [6.45, 7) is 14.4. The number of para-hydroxylation sites is 1. The van der Waals surface area contributed by atoms with Gasteiger partial charge in [-0.3, -0.25) is 9.80 Å². The molecule has 206 valence electrons. The van der Waals surface area contributed by atoms with E-state index in [1.165, 1.54) is 0 Å². The molecule has 1 aliphatic heterocycles. The van der Waals surface area contributed by atoms with Crippen LogP contribution in [0.5, 0.6) is 5.75 Å². The first-order valence-electron chi connectivity index (χ1n) is 13.8. The lowest BCUT2D eigenvalue weighted by atomic mass is 10.1. The number of rotatable bonds is 14. The van der Waals surface area contributed by atoms with Crippen LogP contribution in [0.2, 0.25) is 0 Å². The summed E-state index contributed by atoms with van der Waals surface area (Å²) in [5.74, 6) is 1.61. The highest BCUT2D eigenvalue weighted by Crippen LogP contribution is 2.32. The Morgan fingerprint density at radius 3 is 2.45 bits per heavy atom. The maximum absolute atomic E-state index is 11.0. The van der Waals surface area contributed by atoms with Crippen molar-refractivity contribution in [2.75, 3.05) is 70.5 Å². The molecule has 1 atom stereocenters. The first kappa shape index (κ1) is 28.1. The van der Waals surface area contributed by atoms with Gasteiger partial charge >= 0.3 is 0 Å². The molecular formula is C30H42N4O4. The highest BCUT2D eigenvalue weighted by molar-refractivity contribution is 5.68. The van der Waals surface area contributed by atoms with Gasteiger partial charge in [-0.2, -0.15) is 0 Å². The van der Waals surface area contributed by atoms with E-state index in [2.05, 4.69) is 45.8 Å². The normalized spacial score (nSPS) is 15.1. The van der Waals surface area contributed by atoms with Gasteiger partial charge in [0, 0.05) is 57.9 Å². The zero-order chi connectivity index (χ0) is 26.7. The molecule has 0 bridgehead atoms. The summed E-state index contributed by atoms with van der Waals surface area (Å²) in [7, 11) is 0. The van der Waals surface area contributed by atoms with E-state index in [9.17, 15) is 5.11 Å². The molecule has 0 saturated carbocycles. The Hall–Kier alpha value is -2.91. The fourth-order valence-corrected chi connectivity index (χ4v) is 4.85. The summed E-state index contributed by atoms with van der Waals surface area (Å²) >= 11 is 0. The smallest absolute Gasteiger partial charge is 0.232 e. The molecular weight excluding hydrogens is 480 g/mol. The lowest BCUT2D eigenvalue weighted by Crippen LogP contribution is -2.43. The van der Waals surface area contributed by atoms with Gasteiger partial charge in [0.25, 0.3) is 0 Å². The minimum absolute atomic E-state index is 0.233. The minimum Gasteiger partial charge on any atom is -0.491 e. The first-order valence-corrected chi connectivity index (χ1v) is 13.8. The summed E-state index contributed by atoms with van der Waals surface area (Å²) in [5.41, 5.74) is 3.99. The van der Waals surface area contributed by atoms with Crippen LogP contribution >= 0.6 is 0 Å². The molecule has 1 aliphatic rings. The van der Waals surface area contributed by atoms with Crippen molar-refractivity contribution in [3.05, 3.63) is 65.7 Å². The van der Waals surface area contributed by atoms with E-state index < -0.39 is 6.10 Å². The number of anilines is 1. The van der Waals surface area contributed by atoms with Crippen molar-refractivity contribution in [1.82, 2.24) is 15.0 Å². The maximum Gasteiger partial charge on any atom is 0.232 e. The van der Waals surface area contributed by atoms with Crippen LogP contribution in [-0.4, -0.2) is 91.8 Å². The summed E-state index contributed by atoms with van der Waals surface area (Å²) < 4.78 is 17.5. The molecule has 0 spiro atoms. The molecule has 38 heavy (non-hydrogen) atoms. The third kappa shape index (κ3) is 7.57. The van der Waals surface area contributed by atoms with E-state index in [1.807, 2.05) is 49.4 Å². The van der Waals surface area contributed by atoms with E-state index in [1.54, 1.807) is 0 Å². The number of ether oxygens (including phenoxy) is 2. The van der Waals surface area contributed by atoms with Crippen molar-refractivity contribution >= 4 is 5.88 Å². The van der Waals surface area contributed by atoms with Crippen LogP contribution in [0.1, 0.15) is 25.0 Å². The third-order valence-electron chi connectivity index (χ3n) is 7.08. The maximum atomic E-state index is 11.0. The Bertz CT molecular complexity index is 1100. The summed E-state index contributed by atoms with van der Waals surface area (Å²) in [6.07, 6.45) is -0.642. The SMILES string of the molecule is CCN(CC)c1onc(-c2ccccc2)c1CN(CCN1CCOCC1)CC(O)COc1ccccc1C. The molecule has 4 rings (SSSR count). The van der Waals surface area contributed by atoms with Gasteiger partial charge in [0.1, 0.15) is 24.2 Å². The van der Waals surface area contributed by atoms with Crippen molar-refractivity contribution in [3.8, 4) is 17.0 Å². The lowest BCUT2D eigenvalue weighted by Gasteiger charge is -2.31. The topological polar surface area (TPSA) is 74.4 Å². The van der Waals surface area contributed by atoms with E-state index >= 15 is 0 Å². The van der Waals surface area contributed by atoms with Crippen molar-refractivity contribution in [2.24, 2.45) is 0 Å². The molecule has 2 heterocycles. The monoisotopic (exact) mass is 522 g/mol. The van der Waals surface area contributed by atoms with Gasteiger partial charge in [0.15, 0.2) is 0 Å². The van der Waals surface area contributed by atoms with Crippen LogP contribution in [0.3, 0.4) is 0 Å². The second kappa shape index (κ2) is 14.3. The number of nitrogens with zero attached hydrogens (tertiary/aromatic N) is 4. The third-order valence-corrected chi connectivity index (χ3v) is 7.08. The Kier molecular flexibility index (Phi) is 10.6. The predicted molar refractivity (Wildman–Crippen MR) is 151 cm³/mol. The van der Waals surface area contributed by atoms with Crippen LogP contribution in [0, 0.1) is 6.92 Å². The zero-order valence-electron chi connectivity index (χ0n) is 23.0. The molecule has 8 nitrogen and oxygen atoms in total. The molecule has 1 unspecified atom stereocenters. The molecule has 3 aromatic rings. The van der Waals surface area contributed by atoms with Gasteiger partial charge in [0.05, 0.1) is 18.8 Å². The van der Waals surface area contributed by atoms with Gasteiger partial charge in [-0.1, -0.05) is 53.7 Å². The summed E-state index contributed by atoms with van der Waals surface area (Å²) in [6, 6.07) is 18.1. The minimum atomic E-state index is -0.642. The molecule has 1 aromatic heterocycles. The number of aliphatic hydroxyl groups is 1. The van der Waals surface area contributed by atoms with Crippen LogP contribution in [-0.2, 0) is 11.3 Å². The molecule has 1 N–H and O–H groups in total. The van der Waals surface area contributed by atoms with Gasteiger partial charge < -0.3 is 24.0 Å². The largest absolute Gasteiger partial charge is 0.491 e. The van der Waals surface area contributed by atoms with Crippen LogP contribution in [0.25, 0.3) is 11.3 Å². The number of hydrogen-bond donors (Lipinski definition) is 1. The molecule has 2 aromatic carbocycles. The Balaban J connectivity index is 1.54. The number of morpholine rings is 1. The molecule has 0 aliphatic carbocycles. The second-order valence-electron chi connectivity index (χ2n) is 9.77. The van der Waals surface area contributed by atoms with Gasteiger partial charge in [-0.05, 0) is 32.4 Å². The number of aliphatic hydroxyl groups excluding tert-OH is 1. The van der Waals surface area contributed by atoms with Crippen molar-refractivity contribution < 1.29 is 19.1 Å². The second-order valence-corrected chi connectivity index (χ2v) is 9.77. The van der Waals surface area contributed by atoms with Crippen LogP contribution < -0.4 is 9.64 Å². The van der Waals surface area contributed by atoms with E-state index in [4.69, 9.17) is 14.0 Å². The highest BCUT2D eigenvalue weighted by atomic mass is 16.5. The van der Waals surface area contributed by atoms with Crippen LogP contribution in [0.15, 0.2) is 59.1 Å². The fourth-order valence-electron chi connectivity index (χ4n) is 4.85. The van der Waals surface area contributed by atoms with Crippen molar-refractivity contribution in [1.29, 1.82) is 0 Å². The zero-order valence-corrected chi connectivity index (χ0v) is 23.0. The van der Waals surface area contributed by atoms with Gasteiger partial charge in [0.2, 0.25) is 5.88 Å². The van der Waals surface area contributed by atoms with E-state index in [0.717, 1.165) is 86.5 Å². The predicted octanol–water partition coefficient (Wildman–Crippen LogP) is 4.07. The van der Waals surface area contributed by atoms with E-state index in [0.29, 0.717) is 13.1 Å². The molecule has 8 heteroatoms. The van der Waals surface area contributed by atoms with E-state index in [-0.39, 0.29) is 6.61 Å². The van der Waals surface area contributed by atoms with Crippen molar-refractivity contribution in [2.45, 2.75) is 33.4 Å². The van der Waals surface area contributed by atoms with Gasteiger partial charge in [-0.15, -0.1) is 0 Å². The molecule has 0 radical (unpaired) electrons. The Morgan fingerprint density at radius 2 is 1.74 bits per heavy atom. The quantitative estimate of drug-likeness (QED) is 0.340. The number of aromatic nitrogens is 1. The van der Waals surface area contributed by atoms with Gasteiger partial charge in [-0.25, -0.2) is 0 Å². The number of hydrogen-bond acceptors (Lipinski definition) is 8. The fraction of sp³-hybridized carbons (Fsp3) is 0.500. The Morgan fingerprint density at radius 1 is 1.03 bits per heavy atom. The van der Waals surface area contributed by atoms with Crippen molar-refractivity contribution in [3.63, 3.8) is 0 Å². The average molecular weight is 523 g/mol. The highest BCUT2D eigenvalue weighted by Gasteiger charge is 2.25. The average Bonchev–Trinajstić information content (AvgIpc) is 3.36. The Labute approximate surface area is 226 Å². The molecule has 1 fully saturated rings. The standard InChI is InChI=1S/C30H42N4O4/c1-4-34(5-2)30-27(29(31-38-30)25-12-7-6-8-13-25)22-33(16-15-32-17-19-36-20-18-32)21-26(35)23-37-28-14-10-9-11-24(28)3/h6-14,26,35H,4-5,15-23H2,1-3H3. The summed E-state index contributed by atoms with van der Waals surface area (Å²) in [4.78, 5) is 6.92. The number of benzene rings is 2. The molecule has 0 amide bonds. The summed E-state index contributed by atoms with van der Waals surface area (Å²) in [5, 5.41) is 15.6. The first-order chi connectivity index (χ1) is 18.6.